The van der Waals surface area contributed by atoms with Crippen LogP contribution in [0.3, 0.4) is 0 Å². The smallest absolute Gasteiger partial charge is 0.131 e. The second-order valence-corrected chi connectivity index (χ2v) is 6.20. The molecule has 2 bridgehead atoms. The van der Waals surface area contributed by atoms with E-state index in [0.717, 1.165) is 12.8 Å². The average Bonchev–Trinajstić information content (AvgIpc) is 2.67. The maximum Gasteiger partial charge on any atom is 0.131 e. The van der Waals surface area contributed by atoms with Crippen LogP contribution in [0.1, 0.15) is 37.3 Å². The molecule has 3 unspecified atom stereocenters. The SMILES string of the molecule is COc1ccc(C(N)C2CC3CCC(C2)N3C)c(F)c1. The maximum absolute atomic E-state index is 14.2. The van der Waals surface area contributed by atoms with Gasteiger partial charge in [0.15, 0.2) is 0 Å². The molecule has 0 saturated carbocycles. The number of benzene rings is 1. The molecule has 3 atom stereocenters. The molecule has 1 aromatic rings. The Morgan fingerprint density at radius 2 is 1.95 bits per heavy atom. The first kappa shape index (κ1) is 13.8. The molecule has 0 aromatic heterocycles. The van der Waals surface area contributed by atoms with E-state index >= 15 is 0 Å². The van der Waals surface area contributed by atoms with E-state index < -0.39 is 0 Å². The van der Waals surface area contributed by atoms with Crippen molar-refractivity contribution in [2.24, 2.45) is 11.7 Å². The Labute approximate surface area is 119 Å². The van der Waals surface area contributed by atoms with Crippen molar-refractivity contribution in [2.75, 3.05) is 14.2 Å². The molecule has 2 aliphatic rings. The molecule has 20 heavy (non-hydrogen) atoms. The fourth-order valence-electron chi connectivity index (χ4n) is 3.91. The number of halogens is 1. The van der Waals surface area contributed by atoms with Crippen molar-refractivity contribution in [3.63, 3.8) is 0 Å². The monoisotopic (exact) mass is 278 g/mol. The standard InChI is InChI=1S/C16H23FN2O/c1-19-11-3-4-12(19)8-10(7-11)16(18)14-6-5-13(20-2)9-15(14)17/h5-6,9-12,16H,3-4,7-8,18H2,1-2H3. The van der Waals surface area contributed by atoms with Crippen LogP contribution in [-0.4, -0.2) is 31.1 Å². The quantitative estimate of drug-likeness (QED) is 0.924. The number of hydrogen-bond donors (Lipinski definition) is 1. The highest BCUT2D eigenvalue weighted by Crippen LogP contribution is 2.42. The molecule has 0 radical (unpaired) electrons. The average molecular weight is 278 g/mol. The predicted octanol–water partition coefficient (Wildman–Crippen LogP) is 2.71. The molecule has 1 aromatic carbocycles. The van der Waals surface area contributed by atoms with Crippen LogP contribution < -0.4 is 10.5 Å². The zero-order valence-corrected chi connectivity index (χ0v) is 12.2. The molecule has 110 valence electrons. The minimum Gasteiger partial charge on any atom is -0.497 e. The van der Waals surface area contributed by atoms with E-state index in [1.54, 1.807) is 19.2 Å². The Balaban J connectivity index is 1.78. The number of nitrogens with two attached hydrogens (primary N) is 1. The summed E-state index contributed by atoms with van der Waals surface area (Å²) in [5.41, 5.74) is 6.99. The third-order valence-electron chi connectivity index (χ3n) is 5.21. The van der Waals surface area contributed by atoms with E-state index in [9.17, 15) is 4.39 Å². The lowest BCUT2D eigenvalue weighted by Gasteiger charge is -2.39. The van der Waals surface area contributed by atoms with Crippen LogP contribution in [0.4, 0.5) is 4.39 Å². The van der Waals surface area contributed by atoms with Gasteiger partial charge >= 0.3 is 0 Å². The van der Waals surface area contributed by atoms with Crippen LogP contribution in [-0.2, 0) is 0 Å². The Kier molecular flexibility index (Phi) is 3.69. The Hall–Kier alpha value is -1.13. The van der Waals surface area contributed by atoms with Crippen LogP contribution in [0.2, 0.25) is 0 Å². The van der Waals surface area contributed by atoms with Crippen molar-refractivity contribution in [2.45, 2.75) is 43.8 Å². The second-order valence-electron chi connectivity index (χ2n) is 6.20. The van der Waals surface area contributed by atoms with Crippen molar-refractivity contribution >= 4 is 0 Å². The third-order valence-corrected chi connectivity index (χ3v) is 5.21. The summed E-state index contributed by atoms with van der Waals surface area (Å²) in [7, 11) is 3.75. The molecule has 3 rings (SSSR count). The Morgan fingerprint density at radius 3 is 2.50 bits per heavy atom. The number of ether oxygens (including phenoxy) is 1. The molecule has 2 saturated heterocycles. The van der Waals surface area contributed by atoms with Gasteiger partial charge in [0.1, 0.15) is 11.6 Å². The highest BCUT2D eigenvalue weighted by molar-refractivity contribution is 5.31. The van der Waals surface area contributed by atoms with E-state index in [1.165, 1.54) is 18.9 Å². The normalized spacial score (nSPS) is 31.3. The van der Waals surface area contributed by atoms with Crippen LogP contribution in [0.25, 0.3) is 0 Å². The third kappa shape index (κ3) is 2.31. The summed E-state index contributed by atoms with van der Waals surface area (Å²) in [5.74, 6) is 0.677. The van der Waals surface area contributed by atoms with Gasteiger partial charge in [0.25, 0.3) is 0 Å². The molecule has 2 aliphatic heterocycles. The van der Waals surface area contributed by atoms with Gasteiger partial charge in [-0.1, -0.05) is 6.07 Å². The zero-order valence-electron chi connectivity index (χ0n) is 12.2. The van der Waals surface area contributed by atoms with Crippen molar-refractivity contribution in [1.29, 1.82) is 0 Å². The summed E-state index contributed by atoms with van der Waals surface area (Å²) in [6.07, 6.45) is 4.68. The van der Waals surface area contributed by atoms with Crippen LogP contribution in [0.15, 0.2) is 18.2 Å². The van der Waals surface area contributed by atoms with Crippen molar-refractivity contribution in [1.82, 2.24) is 4.90 Å². The maximum atomic E-state index is 14.2. The first-order chi connectivity index (χ1) is 9.60. The minimum atomic E-state index is -0.247. The first-order valence-electron chi connectivity index (χ1n) is 7.41. The van der Waals surface area contributed by atoms with Gasteiger partial charge in [0.05, 0.1) is 7.11 Å². The number of fused-ring (bicyclic) bond motifs is 2. The van der Waals surface area contributed by atoms with Gasteiger partial charge in [-0.3, -0.25) is 0 Å². The van der Waals surface area contributed by atoms with Gasteiger partial charge in [-0.05, 0) is 44.7 Å². The van der Waals surface area contributed by atoms with E-state index in [2.05, 4.69) is 11.9 Å². The fourth-order valence-corrected chi connectivity index (χ4v) is 3.91. The first-order valence-corrected chi connectivity index (χ1v) is 7.41. The van der Waals surface area contributed by atoms with Gasteiger partial charge in [0.2, 0.25) is 0 Å². The number of hydrogen-bond acceptors (Lipinski definition) is 3. The van der Waals surface area contributed by atoms with Gasteiger partial charge in [-0.15, -0.1) is 0 Å². The fraction of sp³-hybridized carbons (Fsp3) is 0.625. The lowest BCUT2D eigenvalue weighted by atomic mass is 9.82. The molecule has 3 nitrogen and oxygen atoms in total. The van der Waals surface area contributed by atoms with E-state index in [0.29, 0.717) is 29.3 Å². The number of piperidine rings is 1. The lowest BCUT2D eigenvalue weighted by molar-refractivity contribution is 0.120. The predicted molar refractivity (Wildman–Crippen MR) is 77.2 cm³/mol. The van der Waals surface area contributed by atoms with Gasteiger partial charge in [0, 0.05) is 29.8 Å². The molecule has 2 fully saturated rings. The largest absolute Gasteiger partial charge is 0.497 e. The minimum absolute atomic E-state index is 0.210. The van der Waals surface area contributed by atoms with E-state index in [1.807, 2.05) is 0 Å². The molecule has 4 heteroatoms. The summed E-state index contributed by atoms with van der Waals surface area (Å²) >= 11 is 0. The second kappa shape index (κ2) is 5.34. The highest BCUT2D eigenvalue weighted by atomic mass is 19.1. The van der Waals surface area contributed by atoms with E-state index in [4.69, 9.17) is 10.5 Å². The summed E-state index contributed by atoms with van der Waals surface area (Å²) < 4.78 is 19.2. The molecule has 0 aliphatic carbocycles. The number of rotatable bonds is 3. The van der Waals surface area contributed by atoms with E-state index in [-0.39, 0.29) is 11.9 Å². The van der Waals surface area contributed by atoms with Crippen LogP contribution in [0.5, 0.6) is 5.75 Å². The lowest BCUT2D eigenvalue weighted by Crippen LogP contribution is -2.42. The van der Waals surface area contributed by atoms with Gasteiger partial charge in [-0.2, -0.15) is 0 Å². The molecule has 0 amide bonds. The van der Waals surface area contributed by atoms with Crippen molar-refractivity contribution in [3.8, 4) is 5.75 Å². The molecule has 0 spiro atoms. The summed E-state index contributed by atoms with van der Waals surface area (Å²) in [6, 6.07) is 6.05. The summed E-state index contributed by atoms with van der Waals surface area (Å²) in [6.45, 7) is 0. The summed E-state index contributed by atoms with van der Waals surface area (Å²) in [4.78, 5) is 2.48. The molecule has 2 heterocycles. The number of nitrogens with zero attached hydrogens (tertiary/aromatic N) is 1. The molecule has 2 N–H and O–H groups in total. The van der Waals surface area contributed by atoms with Crippen molar-refractivity contribution < 1.29 is 9.13 Å². The number of methoxy groups -OCH3 is 1. The van der Waals surface area contributed by atoms with Crippen LogP contribution >= 0.6 is 0 Å². The van der Waals surface area contributed by atoms with Crippen molar-refractivity contribution in [3.05, 3.63) is 29.6 Å². The molecular weight excluding hydrogens is 255 g/mol. The Bertz CT molecular complexity index is 479. The Morgan fingerprint density at radius 1 is 1.30 bits per heavy atom. The van der Waals surface area contributed by atoms with Gasteiger partial charge in [-0.25, -0.2) is 4.39 Å². The topological polar surface area (TPSA) is 38.5 Å². The van der Waals surface area contributed by atoms with Gasteiger partial charge < -0.3 is 15.4 Å². The zero-order chi connectivity index (χ0) is 14.3. The van der Waals surface area contributed by atoms with Crippen LogP contribution in [0, 0.1) is 11.7 Å². The highest BCUT2D eigenvalue weighted by Gasteiger charge is 2.40. The molecular formula is C16H23FN2O. The summed E-state index contributed by atoms with van der Waals surface area (Å²) in [5, 5.41) is 0.